The van der Waals surface area contributed by atoms with Crippen molar-refractivity contribution in [2.75, 3.05) is 59.5 Å². The van der Waals surface area contributed by atoms with Gasteiger partial charge in [-0.15, -0.1) is 23.2 Å². The molecule has 0 aliphatic heterocycles. The summed E-state index contributed by atoms with van der Waals surface area (Å²) in [4.78, 5) is 21.1. The highest BCUT2D eigenvalue weighted by atomic mass is 35.5. The molecule has 0 aliphatic rings. The van der Waals surface area contributed by atoms with Crippen LogP contribution in [-0.2, 0) is 0 Å². The molecule has 2 aromatic carbocycles. The third-order valence-corrected chi connectivity index (χ3v) is 5.28. The van der Waals surface area contributed by atoms with Gasteiger partial charge in [0, 0.05) is 67.1 Å². The van der Waals surface area contributed by atoms with E-state index in [1.807, 2.05) is 74.4 Å². The molecule has 0 bridgehead atoms. The largest absolute Gasteiger partial charge is 0.378 e. The van der Waals surface area contributed by atoms with E-state index >= 15 is 0 Å². The van der Waals surface area contributed by atoms with E-state index in [1.165, 1.54) is 0 Å². The van der Waals surface area contributed by atoms with E-state index in [4.69, 9.17) is 23.2 Å². The second-order valence-electron chi connectivity index (χ2n) is 7.52. The summed E-state index contributed by atoms with van der Waals surface area (Å²) < 4.78 is 0. The van der Waals surface area contributed by atoms with Gasteiger partial charge >= 0.3 is 6.03 Å². The predicted octanol–water partition coefficient (Wildman–Crippen LogP) is 5.04. The Hall–Kier alpha value is -2.90. The smallest absolute Gasteiger partial charge is 0.337 e. The number of hydrazine groups is 1. The van der Waals surface area contributed by atoms with Crippen LogP contribution in [0.5, 0.6) is 0 Å². The number of rotatable bonds is 9. The molecule has 1 aromatic heterocycles. The van der Waals surface area contributed by atoms with Crippen molar-refractivity contribution in [1.29, 1.82) is 0 Å². The lowest BCUT2D eigenvalue weighted by atomic mass is 10.1. The number of urea groups is 1. The van der Waals surface area contributed by atoms with Crippen molar-refractivity contribution < 1.29 is 4.79 Å². The van der Waals surface area contributed by atoms with Gasteiger partial charge in [0.05, 0.1) is 11.2 Å². The second-order valence-corrected chi connectivity index (χ2v) is 8.28. The van der Waals surface area contributed by atoms with Gasteiger partial charge in [0.25, 0.3) is 0 Å². The van der Waals surface area contributed by atoms with Crippen molar-refractivity contribution >= 4 is 62.9 Å². The first-order valence-corrected chi connectivity index (χ1v) is 11.4. The number of aryl methyl sites for hydroxylation is 1. The third-order valence-electron chi connectivity index (χ3n) is 4.95. The maximum atomic E-state index is 12.5. The van der Waals surface area contributed by atoms with Crippen LogP contribution in [0, 0.1) is 6.92 Å². The van der Waals surface area contributed by atoms with Gasteiger partial charge in [-0.25, -0.2) is 4.79 Å². The third kappa shape index (κ3) is 6.08. The number of nitrogens with one attached hydrogen (secondary N) is 3. The first-order valence-electron chi connectivity index (χ1n) is 10.3. The number of aromatic nitrogens is 1. The minimum Gasteiger partial charge on any atom is -0.378 e. The standard InChI is InChI=1S/C23H28Cl2N6O/c1-16-14-22(20-15-19(30(2)3)8-9-21(20)26-16)28-29-23(32)27-17-4-6-18(7-5-17)31(12-10-24)13-11-25/h4-9,14-15H,10-13H2,1-3H3,(H,26,28)(H2,27,29,32). The fourth-order valence-corrected chi connectivity index (χ4v) is 3.75. The Bertz CT molecular complexity index is 1050. The molecule has 0 unspecified atom stereocenters. The number of hydrogen-bond donors (Lipinski definition) is 3. The number of amides is 2. The summed E-state index contributed by atoms with van der Waals surface area (Å²) in [7, 11) is 3.97. The van der Waals surface area contributed by atoms with Gasteiger partial charge in [-0.3, -0.25) is 15.8 Å². The van der Waals surface area contributed by atoms with Crippen LogP contribution in [-0.4, -0.2) is 50.0 Å². The Morgan fingerprint density at radius 3 is 2.25 bits per heavy atom. The number of alkyl halides is 2. The van der Waals surface area contributed by atoms with Crippen molar-refractivity contribution in [3.05, 3.63) is 54.2 Å². The van der Waals surface area contributed by atoms with Crippen LogP contribution in [0.2, 0.25) is 0 Å². The van der Waals surface area contributed by atoms with E-state index in [1.54, 1.807) is 0 Å². The fraction of sp³-hybridized carbons (Fsp3) is 0.304. The number of carbonyl (C=O) groups is 1. The molecule has 0 fully saturated rings. The number of benzene rings is 2. The van der Waals surface area contributed by atoms with Crippen LogP contribution in [0.25, 0.3) is 10.9 Å². The zero-order valence-electron chi connectivity index (χ0n) is 18.5. The first kappa shape index (κ1) is 23.8. The summed E-state index contributed by atoms with van der Waals surface area (Å²) >= 11 is 11.7. The molecule has 0 spiro atoms. The molecule has 3 rings (SSSR count). The normalized spacial score (nSPS) is 10.7. The molecule has 0 radical (unpaired) electrons. The first-order chi connectivity index (χ1) is 15.4. The number of fused-ring (bicyclic) bond motifs is 1. The maximum Gasteiger partial charge on any atom is 0.337 e. The summed E-state index contributed by atoms with van der Waals surface area (Å²) in [5, 5.41) is 3.75. The molecule has 3 aromatic rings. The van der Waals surface area contributed by atoms with E-state index in [0.717, 1.165) is 33.7 Å². The SMILES string of the molecule is Cc1cc(NNC(=O)Nc2ccc(N(CCCl)CCCl)cc2)c2cc(N(C)C)ccc2n1. The molecule has 3 N–H and O–H groups in total. The van der Waals surface area contributed by atoms with E-state index in [2.05, 4.69) is 26.1 Å². The second kappa shape index (κ2) is 11.1. The van der Waals surface area contributed by atoms with Crippen LogP contribution in [0.15, 0.2) is 48.5 Å². The number of anilines is 4. The lowest BCUT2D eigenvalue weighted by Crippen LogP contribution is -2.33. The fourth-order valence-electron chi connectivity index (χ4n) is 3.34. The van der Waals surface area contributed by atoms with E-state index in [-0.39, 0.29) is 6.03 Å². The summed E-state index contributed by atoms with van der Waals surface area (Å²) in [6, 6.07) is 15.1. The van der Waals surface area contributed by atoms with Crippen LogP contribution < -0.4 is 26.0 Å². The van der Waals surface area contributed by atoms with Crippen molar-refractivity contribution in [1.82, 2.24) is 10.4 Å². The number of pyridine rings is 1. The lowest BCUT2D eigenvalue weighted by molar-refractivity contribution is 0.254. The van der Waals surface area contributed by atoms with Gasteiger partial charge in [-0.05, 0) is 55.5 Å². The Balaban J connectivity index is 1.67. The molecule has 1 heterocycles. The van der Waals surface area contributed by atoms with Crippen molar-refractivity contribution in [2.45, 2.75) is 6.92 Å². The van der Waals surface area contributed by atoms with Crippen LogP contribution in [0.4, 0.5) is 27.5 Å². The van der Waals surface area contributed by atoms with Crippen LogP contribution >= 0.6 is 23.2 Å². The van der Waals surface area contributed by atoms with Crippen molar-refractivity contribution in [2.24, 2.45) is 0 Å². The Morgan fingerprint density at radius 1 is 0.969 bits per heavy atom. The summed E-state index contributed by atoms with van der Waals surface area (Å²) in [5.41, 5.74) is 10.9. The van der Waals surface area contributed by atoms with Gasteiger partial charge in [-0.2, -0.15) is 0 Å². The van der Waals surface area contributed by atoms with Gasteiger partial charge in [0.2, 0.25) is 0 Å². The molecule has 0 aliphatic carbocycles. The highest BCUT2D eigenvalue weighted by molar-refractivity contribution is 6.18. The molecule has 32 heavy (non-hydrogen) atoms. The summed E-state index contributed by atoms with van der Waals surface area (Å²) in [6.45, 7) is 3.34. The molecule has 170 valence electrons. The molecule has 7 nitrogen and oxygen atoms in total. The number of hydrogen-bond acceptors (Lipinski definition) is 5. The number of nitrogens with zero attached hydrogens (tertiary/aromatic N) is 3. The Kier molecular flexibility index (Phi) is 8.25. The van der Waals surface area contributed by atoms with E-state index in [0.29, 0.717) is 30.5 Å². The Labute approximate surface area is 198 Å². The molecule has 0 saturated heterocycles. The molecular formula is C23H28Cl2N6O. The zero-order valence-corrected chi connectivity index (χ0v) is 20.0. The van der Waals surface area contributed by atoms with Crippen LogP contribution in [0.3, 0.4) is 0 Å². The highest BCUT2D eigenvalue weighted by Gasteiger charge is 2.09. The molecular weight excluding hydrogens is 447 g/mol. The topological polar surface area (TPSA) is 72.5 Å². The lowest BCUT2D eigenvalue weighted by Gasteiger charge is -2.23. The zero-order chi connectivity index (χ0) is 23.1. The number of carbonyl (C=O) groups excluding carboxylic acids is 1. The maximum absolute atomic E-state index is 12.5. The molecule has 2 amide bonds. The van der Waals surface area contributed by atoms with E-state index < -0.39 is 0 Å². The summed E-state index contributed by atoms with van der Waals surface area (Å²) in [6.07, 6.45) is 0. The predicted molar refractivity (Wildman–Crippen MR) is 137 cm³/mol. The highest BCUT2D eigenvalue weighted by Crippen LogP contribution is 2.27. The van der Waals surface area contributed by atoms with Gasteiger partial charge < -0.3 is 15.1 Å². The number of halogens is 2. The van der Waals surface area contributed by atoms with Gasteiger partial charge in [0.1, 0.15) is 0 Å². The van der Waals surface area contributed by atoms with Gasteiger partial charge in [0.15, 0.2) is 0 Å². The quantitative estimate of drug-likeness (QED) is 0.299. The Morgan fingerprint density at radius 2 is 1.62 bits per heavy atom. The van der Waals surface area contributed by atoms with Crippen LogP contribution in [0.1, 0.15) is 5.69 Å². The minimum atomic E-state index is -0.373. The average Bonchev–Trinajstić information content (AvgIpc) is 2.77. The molecule has 0 atom stereocenters. The van der Waals surface area contributed by atoms with Crippen molar-refractivity contribution in [3.8, 4) is 0 Å². The molecule has 9 heteroatoms. The van der Waals surface area contributed by atoms with Crippen molar-refractivity contribution in [3.63, 3.8) is 0 Å². The summed E-state index contributed by atoms with van der Waals surface area (Å²) in [5.74, 6) is 1.04. The van der Waals surface area contributed by atoms with E-state index in [9.17, 15) is 4.79 Å². The minimum absolute atomic E-state index is 0.373. The average molecular weight is 475 g/mol. The monoisotopic (exact) mass is 474 g/mol. The molecule has 0 saturated carbocycles. The van der Waals surface area contributed by atoms with Gasteiger partial charge in [-0.1, -0.05) is 0 Å².